The summed E-state index contributed by atoms with van der Waals surface area (Å²) in [6.07, 6.45) is 3.17. The molecule has 1 aromatic heterocycles. The molecule has 0 aliphatic rings. The molecule has 0 atom stereocenters. The zero-order chi connectivity index (χ0) is 13.8. The molecule has 0 radical (unpaired) electrons. The Morgan fingerprint density at radius 1 is 1.42 bits per heavy atom. The summed E-state index contributed by atoms with van der Waals surface area (Å²) in [6, 6.07) is 5.59. The molecule has 0 unspecified atom stereocenters. The standard InChI is InChI=1S/C14H17N3O2/c1-9(2)19-12-4-5-13(10(3)6-12)17-14(18)11-7-15-16-8-11/h4-9H,1-3H3,(H,15,16)(H,17,18). The number of anilines is 1. The molecule has 0 saturated heterocycles. The van der Waals surface area contributed by atoms with Crippen LogP contribution in [0.25, 0.3) is 0 Å². The smallest absolute Gasteiger partial charge is 0.258 e. The lowest BCUT2D eigenvalue weighted by atomic mass is 10.2. The number of benzene rings is 1. The molecule has 0 aliphatic heterocycles. The van der Waals surface area contributed by atoms with Gasteiger partial charge in [-0.15, -0.1) is 0 Å². The first-order valence-corrected chi connectivity index (χ1v) is 6.13. The summed E-state index contributed by atoms with van der Waals surface area (Å²) in [5, 5.41) is 9.20. The maximum absolute atomic E-state index is 11.9. The Kier molecular flexibility index (Phi) is 3.85. The van der Waals surface area contributed by atoms with E-state index in [9.17, 15) is 4.79 Å². The van der Waals surface area contributed by atoms with Gasteiger partial charge in [-0.2, -0.15) is 5.10 Å². The van der Waals surface area contributed by atoms with Crippen molar-refractivity contribution < 1.29 is 9.53 Å². The van der Waals surface area contributed by atoms with Gasteiger partial charge in [0.15, 0.2) is 0 Å². The molecule has 1 heterocycles. The lowest BCUT2D eigenvalue weighted by Gasteiger charge is -2.13. The highest BCUT2D eigenvalue weighted by atomic mass is 16.5. The van der Waals surface area contributed by atoms with E-state index >= 15 is 0 Å². The van der Waals surface area contributed by atoms with Crippen molar-refractivity contribution in [2.24, 2.45) is 0 Å². The highest BCUT2D eigenvalue weighted by Gasteiger charge is 2.09. The van der Waals surface area contributed by atoms with Gasteiger partial charge < -0.3 is 10.1 Å². The average Bonchev–Trinajstić information content (AvgIpc) is 2.85. The summed E-state index contributed by atoms with van der Waals surface area (Å²) in [4.78, 5) is 11.9. The van der Waals surface area contributed by atoms with Crippen molar-refractivity contribution in [1.82, 2.24) is 10.2 Å². The fourth-order valence-corrected chi connectivity index (χ4v) is 1.69. The van der Waals surface area contributed by atoms with Crippen molar-refractivity contribution in [2.75, 3.05) is 5.32 Å². The minimum absolute atomic E-state index is 0.130. The normalized spacial score (nSPS) is 10.5. The molecule has 5 nitrogen and oxygen atoms in total. The molecule has 2 aromatic rings. The monoisotopic (exact) mass is 259 g/mol. The minimum atomic E-state index is -0.186. The van der Waals surface area contributed by atoms with Crippen molar-refractivity contribution in [2.45, 2.75) is 26.9 Å². The van der Waals surface area contributed by atoms with E-state index < -0.39 is 0 Å². The third kappa shape index (κ3) is 3.34. The fraction of sp³-hybridized carbons (Fsp3) is 0.286. The van der Waals surface area contributed by atoms with Gasteiger partial charge in [-0.25, -0.2) is 0 Å². The zero-order valence-corrected chi connectivity index (χ0v) is 11.2. The Bertz CT molecular complexity index is 562. The van der Waals surface area contributed by atoms with Crippen LogP contribution in [-0.2, 0) is 0 Å². The number of hydrogen-bond donors (Lipinski definition) is 2. The highest BCUT2D eigenvalue weighted by Crippen LogP contribution is 2.22. The second kappa shape index (κ2) is 5.56. The van der Waals surface area contributed by atoms with E-state index in [-0.39, 0.29) is 12.0 Å². The lowest BCUT2D eigenvalue weighted by Crippen LogP contribution is -2.12. The van der Waals surface area contributed by atoms with Crippen LogP contribution in [0.1, 0.15) is 29.8 Å². The van der Waals surface area contributed by atoms with E-state index in [0.717, 1.165) is 17.0 Å². The summed E-state index contributed by atoms with van der Waals surface area (Å²) in [5.41, 5.74) is 2.22. The first-order valence-electron chi connectivity index (χ1n) is 6.13. The number of ether oxygens (including phenoxy) is 1. The highest BCUT2D eigenvalue weighted by molar-refractivity contribution is 6.04. The number of hydrogen-bond acceptors (Lipinski definition) is 3. The Labute approximate surface area is 112 Å². The second-order valence-corrected chi connectivity index (χ2v) is 4.58. The van der Waals surface area contributed by atoms with Gasteiger partial charge in [0.25, 0.3) is 5.91 Å². The largest absolute Gasteiger partial charge is 0.491 e. The SMILES string of the molecule is Cc1cc(OC(C)C)ccc1NC(=O)c1cn[nH]c1. The van der Waals surface area contributed by atoms with Gasteiger partial charge in [0.05, 0.1) is 17.9 Å². The van der Waals surface area contributed by atoms with E-state index in [4.69, 9.17) is 4.74 Å². The number of rotatable bonds is 4. The Hall–Kier alpha value is -2.30. The molecule has 19 heavy (non-hydrogen) atoms. The number of nitrogens with zero attached hydrogens (tertiary/aromatic N) is 1. The molecular weight excluding hydrogens is 242 g/mol. The second-order valence-electron chi connectivity index (χ2n) is 4.58. The van der Waals surface area contributed by atoms with E-state index in [2.05, 4.69) is 15.5 Å². The fourth-order valence-electron chi connectivity index (χ4n) is 1.69. The van der Waals surface area contributed by atoms with Crippen LogP contribution in [0.3, 0.4) is 0 Å². The summed E-state index contributed by atoms with van der Waals surface area (Å²) in [6.45, 7) is 5.88. The number of H-pyrrole nitrogens is 1. The molecule has 0 saturated carbocycles. The Morgan fingerprint density at radius 3 is 2.79 bits per heavy atom. The molecule has 0 bridgehead atoms. The van der Waals surface area contributed by atoms with E-state index in [1.807, 2.05) is 39.0 Å². The molecule has 1 amide bonds. The summed E-state index contributed by atoms with van der Waals surface area (Å²) >= 11 is 0. The number of nitrogens with one attached hydrogen (secondary N) is 2. The number of carbonyl (C=O) groups is 1. The van der Waals surface area contributed by atoms with Crippen LogP contribution in [0.5, 0.6) is 5.75 Å². The number of aryl methyl sites for hydroxylation is 1. The van der Waals surface area contributed by atoms with Gasteiger partial charge >= 0.3 is 0 Å². The predicted octanol–water partition coefficient (Wildman–Crippen LogP) is 2.76. The maximum Gasteiger partial charge on any atom is 0.258 e. The van der Waals surface area contributed by atoms with E-state index in [1.165, 1.54) is 6.20 Å². The first-order chi connectivity index (χ1) is 9.06. The number of carbonyl (C=O) groups excluding carboxylic acids is 1. The topological polar surface area (TPSA) is 67.0 Å². The maximum atomic E-state index is 11.9. The van der Waals surface area contributed by atoms with Crippen molar-refractivity contribution in [3.05, 3.63) is 41.7 Å². The molecule has 0 aliphatic carbocycles. The zero-order valence-electron chi connectivity index (χ0n) is 11.2. The predicted molar refractivity (Wildman–Crippen MR) is 73.5 cm³/mol. The molecule has 2 N–H and O–H groups in total. The van der Waals surface area contributed by atoms with Gasteiger partial charge in [0, 0.05) is 11.9 Å². The molecular formula is C14H17N3O2. The van der Waals surface area contributed by atoms with Crippen LogP contribution in [-0.4, -0.2) is 22.2 Å². The third-order valence-corrected chi connectivity index (χ3v) is 2.58. The van der Waals surface area contributed by atoms with Gasteiger partial charge in [-0.3, -0.25) is 9.89 Å². The number of amides is 1. The van der Waals surface area contributed by atoms with Crippen molar-refractivity contribution in [3.8, 4) is 5.75 Å². The van der Waals surface area contributed by atoms with E-state index in [0.29, 0.717) is 5.56 Å². The van der Waals surface area contributed by atoms with Crippen LogP contribution in [0.4, 0.5) is 5.69 Å². The first kappa shape index (κ1) is 13.1. The van der Waals surface area contributed by atoms with Gasteiger partial charge in [0.1, 0.15) is 5.75 Å². The Morgan fingerprint density at radius 2 is 2.21 bits per heavy atom. The number of aromatic nitrogens is 2. The van der Waals surface area contributed by atoms with Crippen LogP contribution >= 0.6 is 0 Å². The summed E-state index contributed by atoms with van der Waals surface area (Å²) in [7, 11) is 0. The van der Waals surface area contributed by atoms with Crippen molar-refractivity contribution >= 4 is 11.6 Å². The van der Waals surface area contributed by atoms with Crippen LogP contribution in [0.15, 0.2) is 30.6 Å². The summed E-state index contributed by atoms with van der Waals surface area (Å²) < 4.78 is 5.60. The molecule has 100 valence electrons. The average molecular weight is 259 g/mol. The molecule has 5 heteroatoms. The van der Waals surface area contributed by atoms with E-state index in [1.54, 1.807) is 6.20 Å². The van der Waals surface area contributed by atoms with Crippen LogP contribution < -0.4 is 10.1 Å². The van der Waals surface area contributed by atoms with Gasteiger partial charge in [0.2, 0.25) is 0 Å². The van der Waals surface area contributed by atoms with Crippen LogP contribution in [0.2, 0.25) is 0 Å². The van der Waals surface area contributed by atoms with Crippen LogP contribution in [0, 0.1) is 6.92 Å². The number of aromatic amines is 1. The Balaban J connectivity index is 2.11. The molecule has 1 aromatic carbocycles. The lowest BCUT2D eigenvalue weighted by molar-refractivity contribution is 0.102. The molecule has 0 spiro atoms. The van der Waals surface area contributed by atoms with Gasteiger partial charge in [-0.05, 0) is 44.5 Å². The molecule has 2 rings (SSSR count). The third-order valence-electron chi connectivity index (χ3n) is 2.58. The van der Waals surface area contributed by atoms with Gasteiger partial charge in [-0.1, -0.05) is 0 Å². The summed E-state index contributed by atoms with van der Waals surface area (Å²) in [5.74, 6) is 0.614. The minimum Gasteiger partial charge on any atom is -0.491 e. The quantitative estimate of drug-likeness (QED) is 0.887. The van der Waals surface area contributed by atoms with Crippen molar-refractivity contribution in [3.63, 3.8) is 0 Å². The molecule has 0 fully saturated rings. The van der Waals surface area contributed by atoms with Crippen molar-refractivity contribution in [1.29, 1.82) is 0 Å².